The number of rotatable bonds is 6. The predicted octanol–water partition coefficient (Wildman–Crippen LogP) is 4.59. The molecule has 0 spiro atoms. The van der Waals surface area contributed by atoms with Gasteiger partial charge in [-0.25, -0.2) is 4.98 Å². The Kier molecular flexibility index (Phi) is 6.18. The fourth-order valence-corrected chi connectivity index (χ4v) is 3.89. The first-order chi connectivity index (χ1) is 13.0. The average molecular weight is 447 g/mol. The topological polar surface area (TPSA) is 79.9 Å². The van der Waals surface area contributed by atoms with E-state index in [1.807, 2.05) is 50.2 Å². The van der Waals surface area contributed by atoms with Crippen LogP contribution < -0.4 is 10.1 Å². The molecule has 1 heterocycles. The summed E-state index contributed by atoms with van der Waals surface area (Å²) in [6.07, 6.45) is 0. The number of aromatic amines is 1. The molecular formula is C19H19BrN4O2S. The van der Waals surface area contributed by atoms with Crippen molar-refractivity contribution in [2.24, 2.45) is 0 Å². The average Bonchev–Trinajstić information content (AvgIpc) is 3.12. The molecule has 0 aliphatic heterocycles. The van der Waals surface area contributed by atoms with Crippen LogP contribution in [-0.2, 0) is 4.79 Å². The maximum atomic E-state index is 12.3. The van der Waals surface area contributed by atoms with Gasteiger partial charge in [-0.05, 0) is 61.4 Å². The minimum absolute atomic E-state index is 0.0932. The number of hydrogen-bond donors (Lipinski definition) is 2. The number of nitrogens with one attached hydrogen (secondary N) is 2. The second-order valence-electron chi connectivity index (χ2n) is 5.95. The lowest BCUT2D eigenvalue weighted by Gasteiger charge is -2.11. The molecule has 6 nitrogen and oxygen atoms in total. The monoisotopic (exact) mass is 446 g/mol. The number of aromatic nitrogens is 3. The van der Waals surface area contributed by atoms with Crippen LogP contribution in [0.4, 0.5) is 5.69 Å². The normalized spacial score (nSPS) is 10.7. The van der Waals surface area contributed by atoms with Crippen LogP contribution in [0.1, 0.15) is 11.1 Å². The van der Waals surface area contributed by atoms with Crippen LogP contribution in [0.3, 0.4) is 0 Å². The van der Waals surface area contributed by atoms with E-state index in [1.54, 1.807) is 7.11 Å². The van der Waals surface area contributed by atoms with Crippen molar-refractivity contribution in [2.75, 3.05) is 18.2 Å². The molecule has 3 rings (SSSR count). The molecule has 2 N–H and O–H groups in total. The summed E-state index contributed by atoms with van der Waals surface area (Å²) in [5.41, 5.74) is 3.78. The Labute approximate surface area is 170 Å². The SMILES string of the molecule is COc1ccc(-c2nc(SCC(=O)Nc3c(C)cc(Br)cc3C)n[nH]2)cc1. The van der Waals surface area contributed by atoms with E-state index >= 15 is 0 Å². The number of methoxy groups -OCH3 is 1. The predicted molar refractivity (Wildman–Crippen MR) is 111 cm³/mol. The van der Waals surface area contributed by atoms with Crippen LogP contribution in [-0.4, -0.2) is 34.0 Å². The smallest absolute Gasteiger partial charge is 0.234 e. The Morgan fingerprint density at radius 2 is 1.89 bits per heavy atom. The number of halogens is 1. The molecular weight excluding hydrogens is 428 g/mol. The Morgan fingerprint density at radius 1 is 1.22 bits per heavy atom. The first-order valence-corrected chi connectivity index (χ1v) is 10.0. The van der Waals surface area contributed by atoms with Crippen molar-refractivity contribution in [1.82, 2.24) is 15.2 Å². The van der Waals surface area contributed by atoms with Crippen molar-refractivity contribution in [2.45, 2.75) is 19.0 Å². The number of thioether (sulfide) groups is 1. The number of nitrogens with zero attached hydrogens (tertiary/aromatic N) is 2. The third-order valence-corrected chi connectivity index (χ3v) is 5.23. The van der Waals surface area contributed by atoms with Gasteiger partial charge in [0.2, 0.25) is 11.1 Å². The number of carbonyl (C=O) groups excluding carboxylic acids is 1. The molecule has 0 atom stereocenters. The van der Waals surface area contributed by atoms with E-state index in [2.05, 4.69) is 36.4 Å². The number of anilines is 1. The first-order valence-electron chi connectivity index (χ1n) is 8.22. The second kappa shape index (κ2) is 8.58. The second-order valence-corrected chi connectivity index (χ2v) is 7.80. The number of benzene rings is 2. The number of carbonyl (C=O) groups is 1. The van der Waals surface area contributed by atoms with Gasteiger partial charge in [0, 0.05) is 15.7 Å². The molecule has 2 aromatic carbocycles. The molecule has 27 heavy (non-hydrogen) atoms. The molecule has 0 unspecified atom stereocenters. The highest BCUT2D eigenvalue weighted by Gasteiger charge is 2.12. The van der Waals surface area contributed by atoms with E-state index in [0.717, 1.165) is 32.6 Å². The number of amides is 1. The summed E-state index contributed by atoms with van der Waals surface area (Å²) in [6, 6.07) is 11.5. The van der Waals surface area contributed by atoms with E-state index in [9.17, 15) is 4.79 Å². The van der Waals surface area contributed by atoms with Gasteiger partial charge >= 0.3 is 0 Å². The Morgan fingerprint density at radius 3 is 2.52 bits per heavy atom. The Balaban J connectivity index is 1.60. The quantitative estimate of drug-likeness (QED) is 0.541. The summed E-state index contributed by atoms with van der Waals surface area (Å²) >= 11 is 4.75. The summed E-state index contributed by atoms with van der Waals surface area (Å²) in [5.74, 6) is 1.57. The third kappa shape index (κ3) is 4.90. The molecule has 140 valence electrons. The fourth-order valence-electron chi connectivity index (χ4n) is 2.60. The lowest BCUT2D eigenvalue weighted by Crippen LogP contribution is -2.16. The minimum Gasteiger partial charge on any atom is -0.497 e. The van der Waals surface area contributed by atoms with Crippen molar-refractivity contribution in [3.63, 3.8) is 0 Å². The summed E-state index contributed by atoms with van der Waals surface area (Å²) in [7, 11) is 1.63. The van der Waals surface area contributed by atoms with E-state index in [4.69, 9.17) is 4.74 Å². The van der Waals surface area contributed by atoms with Gasteiger partial charge < -0.3 is 10.1 Å². The van der Waals surface area contributed by atoms with Gasteiger partial charge in [-0.2, -0.15) is 0 Å². The van der Waals surface area contributed by atoms with Crippen LogP contribution in [0.5, 0.6) is 5.75 Å². The lowest BCUT2D eigenvalue weighted by molar-refractivity contribution is -0.113. The molecule has 1 aromatic heterocycles. The number of ether oxygens (including phenoxy) is 1. The molecule has 0 saturated carbocycles. The number of aryl methyl sites for hydroxylation is 2. The van der Waals surface area contributed by atoms with E-state index in [1.165, 1.54) is 11.8 Å². The van der Waals surface area contributed by atoms with E-state index in [-0.39, 0.29) is 11.7 Å². The minimum atomic E-state index is -0.0932. The van der Waals surface area contributed by atoms with Gasteiger partial charge in [0.1, 0.15) is 5.75 Å². The van der Waals surface area contributed by atoms with Crippen LogP contribution >= 0.6 is 27.7 Å². The molecule has 1 amide bonds. The molecule has 0 aliphatic rings. The van der Waals surface area contributed by atoms with Crippen LogP contribution in [0.25, 0.3) is 11.4 Å². The molecule has 8 heteroatoms. The van der Waals surface area contributed by atoms with Crippen molar-refractivity contribution >= 4 is 39.3 Å². The first kappa shape index (κ1) is 19.4. The summed E-state index contributed by atoms with van der Waals surface area (Å²) in [4.78, 5) is 16.7. The fraction of sp³-hybridized carbons (Fsp3) is 0.211. The molecule has 0 aliphatic carbocycles. The zero-order valence-corrected chi connectivity index (χ0v) is 17.6. The maximum absolute atomic E-state index is 12.3. The molecule has 0 bridgehead atoms. The summed E-state index contributed by atoms with van der Waals surface area (Å²) < 4.78 is 6.15. The molecule has 3 aromatic rings. The largest absolute Gasteiger partial charge is 0.497 e. The third-order valence-electron chi connectivity index (χ3n) is 3.92. The molecule has 0 fully saturated rings. The van der Waals surface area contributed by atoms with E-state index < -0.39 is 0 Å². The highest BCUT2D eigenvalue weighted by atomic mass is 79.9. The van der Waals surface area contributed by atoms with Gasteiger partial charge in [0.25, 0.3) is 0 Å². The van der Waals surface area contributed by atoms with Gasteiger partial charge in [-0.3, -0.25) is 9.89 Å². The highest BCUT2D eigenvalue weighted by Crippen LogP contribution is 2.26. The number of hydrogen-bond acceptors (Lipinski definition) is 5. The van der Waals surface area contributed by atoms with Gasteiger partial charge in [-0.1, -0.05) is 27.7 Å². The van der Waals surface area contributed by atoms with E-state index in [0.29, 0.717) is 11.0 Å². The maximum Gasteiger partial charge on any atom is 0.234 e. The Bertz CT molecular complexity index is 934. The van der Waals surface area contributed by atoms with Crippen LogP contribution in [0.15, 0.2) is 46.0 Å². The van der Waals surface area contributed by atoms with Crippen molar-refractivity contribution in [3.05, 3.63) is 52.0 Å². The van der Waals surface area contributed by atoms with Gasteiger partial charge in [0.05, 0.1) is 12.9 Å². The summed E-state index contributed by atoms with van der Waals surface area (Å²) in [5, 5.41) is 10.6. The summed E-state index contributed by atoms with van der Waals surface area (Å²) in [6.45, 7) is 3.94. The zero-order chi connectivity index (χ0) is 19.4. The van der Waals surface area contributed by atoms with Crippen LogP contribution in [0, 0.1) is 13.8 Å². The molecule has 0 radical (unpaired) electrons. The zero-order valence-electron chi connectivity index (χ0n) is 15.2. The van der Waals surface area contributed by atoms with Crippen molar-refractivity contribution in [3.8, 4) is 17.1 Å². The van der Waals surface area contributed by atoms with Crippen molar-refractivity contribution in [1.29, 1.82) is 0 Å². The van der Waals surface area contributed by atoms with Gasteiger partial charge in [-0.15, -0.1) is 5.10 Å². The lowest BCUT2D eigenvalue weighted by atomic mass is 10.1. The van der Waals surface area contributed by atoms with Gasteiger partial charge in [0.15, 0.2) is 5.82 Å². The Hall–Kier alpha value is -2.32. The van der Waals surface area contributed by atoms with Crippen molar-refractivity contribution < 1.29 is 9.53 Å². The highest BCUT2D eigenvalue weighted by molar-refractivity contribution is 9.10. The van der Waals surface area contributed by atoms with Crippen LogP contribution in [0.2, 0.25) is 0 Å². The standard InChI is InChI=1S/C19H19BrN4O2S/c1-11-8-14(20)9-12(2)17(11)21-16(25)10-27-19-22-18(23-24-19)13-4-6-15(26-3)7-5-13/h4-9H,10H2,1-3H3,(H,21,25)(H,22,23,24). The number of H-pyrrole nitrogens is 1. The molecule has 0 saturated heterocycles.